The molecular weight excluding hydrogens is 196 g/mol. The van der Waals surface area contributed by atoms with Crippen molar-refractivity contribution in [1.82, 2.24) is 0 Å². The zero-order chi connectivity index (χ0) is 10.4. The van der Waals surface area contributed by atoms with Crippen LogP contribution in [0.5, 0.6) is 0 Å². The molecule has 0 aromatic carbocycles. The Kier molecular flexibility index (Phi) is 5.70. The summed E-state index contributed by atoms with van der Waals surface area (Å²) >= 11 is 0. The Morgan fingerprint density at radius 2 is 1.86 bits per heavy atom. The van der Waals surface area contributed by atoms with Crippen LogP contribution >= 0.6 is 0 Å². The molecule has 2 unspecified atom stereocenters. The van der Waals surface area contributed by atoms with E-state index < -0.39 is 9.28 Å². The summed E-state index contributed by atoms with van der Waals surface area (Å²) in [6.45, 7) is 2.18. The monoisotopic (exact) mass is 218 g/mol. The zero-order valence-electron chi connectivity index (χ0n) is 9.49. The standard InChI is InChI=1S/C10H22O3Si/c1-4-9-10(13-9)7-5-6-8-14(11-2)12-3/h9-10,14H,4-8H2,1-3H3. The van der Waals surface area contributed by atoms with Crippen LogP contribution < -0.4 is 0 Å². The molecule has 4 heteroatoms. The predicted octanol–water partition coefficient (Wildman–Crippen LogP) is 1.85. The van der Waals surface area contributed by atoms with Gasteiger partial charge in [0.1, 0.15) is 0 Å². The van der Waals surface area contributed by atoms with Gasteiger partial charge in [-0.3, -0.25) is 0 Å². The van der Waals surface area contributed by atoms with E-state index in [1.165, 1.54) is 19.3 Å². The molecular formula is C10H22O3Si. The maximum absolute atomic E-state index is 5.47. The van der Waals surface area contributed by atoms with Crippen molar-refractivity contribution in [2.24, 2.45) is 0 Å². The maximum atomic E-state index is 5.47. The molecule has 0 radical (unpaired) electrons. The first-order chi connectivity index (χ1) is 6.81. The minimum absolute atomic E-state index is 0.560. The largest absolute Gasteiger partial charge is 0.400 e. The Bertz CT molecular complexity index is 150. The van der Waals surface area contributed by atoms with Crippen LogP contribution in [0.15, 0.2) is 0 Å². The molecule has 0 amide bonds. The maximum Gasteiger partial charge on any atom is 0.320 e. The van der Waals surface area contributed by atoms with Crippen LogP contribution in [0.25, 0.3) is 0 Å². The van der Waals surface area contributed by atoms with Gasteiger partial charge in [0.2, 0.25) is 0 Å². The lowest BCUT2D eigenvalue weighted by molar-refractivity contribution is 0.275. The third-order valence-corrected chi connectivity index (χ3v) is 4.73. The minimum atomic E-state index is -1.30. The summed E-state index contributed by atoms with van der Waals surface area (Å²) in [4.78, 5) is 0. The first-order valence-corrected chi connectivity index (χ1v) is 7.28. The van der Waals surface area contributed by atoms with Gasteiger partial charge in [0.15, 0.2) is 0 Å². The van der Waals surface area contributed by atoms with Crippen LogP contribution in [0.2, 0.25) is 6.04 Å². The van der Waals surface area contributed by atoms with Gasteiger partial charge in [0.25, 0.3) is 0 Å². The van der Waals surface area contributed by atoms with Crippen LogP contribution in [0.1, 0.15) is 32.6 Å². The number of unbranched alkanes of at least 4 members (excludes halogenated alkanes) is 1. The normalized spacial score (nSPS) is 25.7. The average Bonchev–Trinajstić information content (AvgIpc) is 2.97. The van der Waals surface area contributed by atoms with Crippen molar-refractivity contribution < 1.29 is 13.6 Å². The summed E-state index contributed by atoms with van der Waals surface area (Å²) in [5.41, 5.74) is 0. The molecule has 0 aromatic heterocycles. The Morgan fingerprint density at radius 1 is 1.14 bits per heavy atom. The second kappa shape index (κ2) is 6.56. The Morgan fingerprint density at radius 3 is 2.36 bits per heavy atom. The first kappa shape index (κ1) is 12.2. The molecule has 3 nitrogen and oxygen atoms in total. The lowest BCUT2D eigenvalue weighted by Crippen LogP contribution is -2.18. The van der Waals surface area contributed by atoms with Crippen LogP contribution in [0.3, 0.4) is 0 Å². The predicted molar refractivity (Wildman–Crippen MR) is 58.8 cm³/mol. The molecule has 2 atom stereocenters. The Balaban J connectivity index is 1.89. The topological polar surface area (TPSA) is 31.0 Å². The lowest BCUT2D eigenvalue weighted by Gasteiger charge is -2.09. The van der Waals surface area contributed by atoms with Crippen LogP contribution in [-0.2, 0) is 13.6 Å². The van der Waals surface area contributed by atoms with E-state index in [1.54, 1.807) is 14.2 Å². The fourth-order valence-corrected chi connectivity index (χ4v) is 3.07. The summed E-state index contributed by atoms with van der Waals surface area (Å²) in [5, 5.41) is 0. The van der Waals surface area contributed by atoms with Gasteiger partial charge < -0.3 is 13.6 Å². The van der Waals surface area contributed by atoms with Crippen molar-refractivity contribution in [2.45, 2.75) is 50.9 Å². The van der Waals surface area contributed by atoms with E-state index in [9.17, 15) is 0 Å². The quantitative estimate of drug-likeness (QED) is 0.354. The highest BCUT2D eigenvalue weighted by molar-refractivity contribution is 6.44. The van der Waals surface area contributed by atoms with E-state index >= 15 is 0 Å². The van der Waals surface area contributed by atoms with Crippen molar-refractivity contribution in [3.63, 3.8) is 0 Å². The zero-order valence-corrected chi connectivity index (χ0v) is 10.6. The van der Waals surface area contributed by atoms with Crippen molar-refractivity contribution in [2.75, 3.05) is 14.2 Å². The second-order valence-corrected chi connectivity index (χ2v) is 6.19. The number of hydrogen-bond acceptors (Lipinski definition) is 3. The van der Waals surface area contributed by atoms with E-state index in [4.69, 9.17) is 13.6 Å². The fraction of sp³-hybridized carbons (Fsp3) is 1.00. The van der Waals surface area contributed by atoms with Crippen LogP contribution in [0.4, 0.5) is 0 Å². The number of epoxide rings is 1. The van der Waals surface area contributed by atoms with Gasteiger partial charge in [-0.05, 0) is 18.9 Å². The number of ether oxygens (including phenoxy) is 1. The molecule has 0 saturated carbocycles. The Labute approximate surface area is 88.6 Å². The molecule has 1 aliphatic heterocycles. The van der Waals surface area contributed by atoms with Crippen molar-refractivity contribution in [3.8, 4) is 0 Å². The second-order valence-electron chi connectivity index (χ2n) is 3.81. The molecule has 1 heterocycles. The highest BCUT2D eigenvalue weighted by Gasteiger charge is 2.35. The first-order valence-electron chi connectivity index (χ1n) is 5.52. The van der Waals surface area contributed by atoms with E-state index in [0.29, 0.717) is 12.2 Å². The Hall–Kier alpha value is 0.0969. The fourth-order valence-electron chi connectivity index (χ4n) is 1.78. The molecule has 84 valence electrons. The van der Waals surface area contributed by atoms with Crippen LogP contribution in [0, 0.1) is 0 Å². The summed E-state index contributed by atoms with van der Waals surface area (Å²) in [6, 6.07) is 1.12. The highest BCUT2D eigenvalue weighted by atomic mass is 28.3. The third kappa shape index (κ3) is 4.08. The molecule has 1 rings (SSSR count). The minimum Gasteiger partial charge on any atom is -0.400 e. The van der Waals surface area contributed by atoms with E-state index in [2.05, 4.69) is 6.92 Å². The molecule has 0 bridgehead atoms. The molecule has 1 fully saturated rings. The van der Waals surface area contributed by atoms with E-state index in [-0.39, 0.29) is 0 Å². The molecule has 1 saturated heterocycles. The van der Waals surface area contributed by atoms with Crippen LogP contribution in [-0.4, -0.2) is 35.7 Å². The summed E-state index contributed by atoms with van der Waals surface area (Å²) in [6.07, 6.45) is 5.97. The van der Waals surface area contributed by atoms with E-state index in [0.717, 1.165) is 12.5 Å². The van der Waals surface area contributed by atoms with Gasteiger partial charge in [-0.15, -0.1) is 0 Å². The van der Waals surface area contributed by atoms with Gasteiger partial charge in [0.05, 0.1) is 12.2 Å². The summed E-state index contributed by atoms with van der Waals surface area (Å²) in [5.74, 6) is 0. The SMILES string of the molecule is CCC1OC1CCCC[SiH](OC)OC. The number of hydrogen-bond donors (Lipinski definition) is 0. The smallest absolute Gasteiger partial charge is 0.320 e. The van der Waals surface area contributed by atoms with Gasteiger partial charge in [-0.2, -0.15) is 0 Å². The third-order valence-electron chi connectivity index (χ3n) is 2.79. The van der Waals surface area contributed by atoms with Gasteiger partial charge >= 0.3 is 9.28 Å². The van der Waals surface area contributed by atoms with E-state index in [1.807, 2.05) is 0 Å². The van der Waals surface area contributed by atoms with Crippen molar-refractivity contribution >= 4 is 9.28 Å². The molecule has 14 heavy (non-hydrogen) atoms. The van der Waals surface area contributed by atoms with Gasteiger partial charge in [-0.25, -0.2) is 0 Å². The van der Waals surface area contributed by atoms with Gasteiger partial charge in [-0.1, -0.05) is 19.8 Å². The highest BCUT2D eigenvalue weighted by Crippen LogP contribution is 2.29. The summed E-state index contributed by atoms with van der Waals surface area (Å²) < 4.78 is 16.0. The average molecular weight is 218 g/mol. The molecule has 0 spiro atoms. The van der Waals surface area contributed by atoms with Gasteiger partial charge in [0, 0.05) is 14.2 Å². The lowest BCUT2D eigenvalue weighted by atomic mass is 10.1. The summed E-state index contributed by atoms with van der Waals surface area (Å²) in [7, 11) is 2.20. The van der Waals surface area contributed by atoms with Crippen molar-refractivity contribution in [3.05, 3.63) is 0 Å². The molecule has 1 aliphatic rings. The molecule has 0 aliphatic carbocycles. The molecule has 0 aromatic rings. The molecule has 0 N–H and O–H groups in total. The van der Waals surface area contributed by atoms with Crippen molar-refractivity contribution in [1.29, 1.82) is 0 Å². The number of rotatable bonds is 8.